The Balaban J connectivity index is 1.46. The molecule has 7 nitrogen and oxygen atoms in total. The van der Waals surface area contributed by atoms with E-state index in [1.54, 1.807) is 34.6 Å². The van der Waals surface area contributed by atoms with Crippen molar-refractivity contribution in [2.24, 2.45) is 0 Å². The lowest BCUT2D eigenvalue weighted by Crippen LogP contribution is -2.34. The van der Waals surface area contributed by atoms with Crippen LogP contribution in [-0.4, -0.2) is 37.2 Å². The van der Waals surface area contributed by atoms with Gasteiger partial charge >= 0.3 is 6.03 Å². The van der Waals surface area contributed by atoms with Crippen molar-refractivity contribution >= 4 is 23.1 Å². The van der Waals surface area contributed by atoms with Crippen molar-refractivity contribution in [2.75, 3.05) is 11.9 Å². The van der Waals surface area contributed by atoms with Crippen LogP contribution in [0, 0.1) is 0 Å². The molecule has 1 aliphatic rings. The van der Waals surface area contributed by atoms with Gasteiger partial charge in [0.2, 0.25) is 0 Å². The van der Waals surface area contributed by atoms with Crippen LogP contribution in [0.1, 0.15) is 24.4 Å². The number of hydrogen-bond donors (Lipinski definition) is 1. The Morgan fingerprint density at radius 2 is 2.29 bits per heavy atom. The smallest absolute Gasteiger partial charge is 0.317 e. The van der Waals surface area contributed by atoms with E-state index in [0.29, 0.717) is 11.5 Å². The molecule has 24 heavy (non-hydrogen) atoms. The molecule has 0 unspecified atom stereocenters. The topological polar surface area (TPSA) is 75.9 Å². The molecule has 1 saturated heterocycles. The molecular weight excluding hydrogens is 324 g/mol. The molecule has 1 atom stereocenters. The number of rotatable bonds is 3. The van der Waals surface area contributed by atoms with Gasteiger partial charge in [-0.3, -0.25) is 0 Å². The Morgan fingerprint density at radius 1 is 1.33 bits per heavy atom. The van der Waals surface area contributed by atoms with Gasteiger partial charge in [0.05, 0.1) is 17.9 Å². The van der Waals surface area contributed by atoms with E-state index in [0.717, 1.165) is 19.4 Å². The van der Waals surface area contributed by atoms with Crippen LogP contribution in [0.25, 0.3) is 5.82 Å². The molecule has 1 N–H and O–H groups in total. The minimum atomic E-state index is -0.0843. The third-order valence-electron chi connectivity index (χ3n) is 4.09. The average Bonchev–Trinajstić information content (AvgIpc) is 3.35. The van der Waals surface area contributed by atoms with E-state index in [4.69, 9.17) is 0 Å². The number of urea groups is 1. The zero-order chi connectivity index (χ0) is 16.4. The van der Waals surface area contributed by atoms with Crippen molar-refractivity contribution in [3.8, 4) is 5.82 Å². The molecule has 2 amide bonds. The van der Waals surface area contributed by atoms with Crippen LogP contribution in [-0.2, 0) is 0 Å². The van der Waals surface area contributed by atoms with Crippen molar-refractivity contribution in [2.45, 2.75) is 18.9 Å². The molecule has 8 heteroatoms. The number of nitrogens with one attached hydrogen (secondary N) is 1. The zero-order valence-corrected chi connectivity index (χ0v) is 13.7. The van der Waals surface area contributed by atoms with E-state index in [-0.39, 0.29) is 12.1 Å². The van der Waals surface area contributed by atoms with Gasteiger partial charge in [-0.05, 0) is 47.4 Å². The lowest BCUT2D eigenvalue weighted by molar-refractivity contribution is 0.207. The lowest BCUT2D eigenvalue weighted by Gasteiger charge is -2.24. The number of amides is 2. The Kier molecular flexibility index (Phi) is 3.96. The molecule has 0 aromatic carbocycles. The second-order valence-corrected chi connectivity index (χ2v) is 6.36. The average molecular weight is 340 g/mol. The fourth-order valence-electron chi connectivity index (χ4n) is 2.94. The van der Waals surface area contributed by atoms with Gasteiger partial charge in [0.15, 0.2) is 5.82 Å². The SMILES string of the molecule is O=C(Nc1ccc(-n2cncn2)nc1)N1CCC[C@@H]1c1ccsc1. The summed E-state index contributed by atoms with van der Waals surface area (Å²) in [6, 6.07) is 5.79. The van der Waals surface area contributed by atoms with Crippen molar-refractivity contribution in [3.05, 3.63) is 53.4 Å². The number of likely N-dealkylation sites (tertiary alicyclic amines) is 1. The highest BCUT2D eigenvalue weighted by Gasteiger charge is 2.30. The number of hydrogen-bond acceptors (Lipinski definition) is 5. The fourth-order valence-corrected chi connectivity index (χ4v) is 3.65. The highest BCUT2D eigenvalue weighted by Crippen LogP contribution is 2.33. The molecule has 4 heterocycles. The second-order valence-electron chi connectivity index (χ2n) is 5.58. The lowest BCUT2D eigenvalue weighted by atomic mass is 10.1. The van der Waals surface area contributed by atoms with Crippen LogP contribution in [0.15, 0.2) is 47.8 Å². The quantitative estimate of drug-likeness (QED) is 0.795. The van der Waals surface area contributed by atoms with Crippen molar-refractivity contribution < 1.29 is 4.79 Å². The summed E-state index contributed by atoms with van der Waals surface area (Å²) in [7, 11) is 0. The van der Waals surface area contributed by atoms with Crippen molar-refractivity contribution in [3.63, 3.8) is 0 Å². The van der Waals surface area contributed by atoms with Crippen molar-refractivity contribution in [1.29, 1.82) is 0 Å². The maximum atomic E-state index is 12.6. The summed E-state index contributed by atoms with van der Waals surface area (Å²) in [5, 5.41) is 11.1. The summed E-state index contributed by atoms with van der Waals surface area (Å²) in [6.07, 6.45) is 6.70. The molecule has 0 bridgehead atoms. The molecule has 4 rings (SSSR count). The summed E-state index contributed by atoms with van der Waals surface area (Å²) < 4.78 is 1.57. The van der Waals surface area contributed by atoms with E-state index in [1.807, 2.05) is 11.0 Å². The van der Waals surface area contributed by atoms with Crippen LogP contribution in [0.5, 0.6) is 0 Å². The Labute approximate surface area is 143 Å². The molecule has 0 radical (unpaired) electrons. The standard InChI is InChI=1S/C16H16N6OS/c23-16(21-6-1-2-14(21)12-5-7-24-9-12)20-13-3-4-15(18-8-13)22-11-17-10-19-22/h3-5,7-11,14H,1-2,6H2,(H,20,23)/t14-/m1/s1. The summed E-state index contributed by atoms with van der Waals surface area (Å²) >= 11 is 1.66. The third kappa shape index (κ3) is 2.88. The molecular formula is C16H16N6OS. The maximum Gasteiger partial charge on any atom is 0.322 e. The number of thiophene rings is 1. The molecule has 0 spiro atoms. The van der Waals surface area contributed by atoms with Gasteiger partial charge < -0.3 is 10.2 Å². The molecule has 0 saturated carbocycles. The van der Waals surface area contributed by atoms with Crippen LogP contribution in [0.4, 0.5) is 10.5 Å². The Hall–Kier alpha value is -2.74. The minimum Gasteiger partial charge on any atom is -0.317 e. The highest BCUT2D eigenvalue weighted by atomic mass is 32.1. The predicted molar refractivity (Wildman–Crippen MR) is 91.2 cm³/mol. The van der Waals surface area contributed by atoms with Gasteiger partial charge in [-0.2, -0.15) is 16.4 Å². The second kappa shape index (κ2) is 6.40. The van der Waals surface area contributed by atoms with Gasteiger partial charge in [-0.1, -0.05) is 0 Å². The number of pyridine rings is 1. The summed E-state index contributed by atoms with van der Waals surface area (Å²) in [4.78, 5) is 22.7. The monoisotopic (exact) mass is 340 g/mol. The highest BCUT2D eigenvalue weighted by molar-refractivity contribution is 7.08. The van der Waals surface area contributed by atoms with E-state index in [9.17, 15) is 4.79 Å². The van der Waals surface area contributed by atoms with Gasteiger partial charge in [0.25, 0.3) is 0 Å². The molecule has 3 aromatic rings. The predicted octanol–water partition coefficient (Wildman–Crippen LogP) is 3.09. The Bertz CT molecular complexity index is 800. The zero-order valence-electron chi connectivity index (χ0n) is 12.9. The molecule has 1 fully saturated rings. The first kappa shape index (κ1) is 14.8. The van der Waals surface area contributed by atoms with Gasteiger partial charge in [0.1, 0.15) is 12.7 Å². The Morgan fingerprint density at radius 3 is 3.00 bits per heavy atom. The van der Waals surface area contributed by atoms with Gasteiger partial charge in [-0.15, -0.1) is 0 Å². The number of carbonyl (C=O) groups excluding carboxylic acids is 1. The van der Waals surface area contributed by atoms with Crippen molar-refractivity contribution in [1.82, 2.24) is 24.6 Å². The number of aromatic nitrogens is 4. The van der Waals surface area contributed by atoms with Gasteiger partial charge in [0, 0.05) is 6.54 Å². The van der Waals surface area contributed by atoms with Crippen LogP contribution < -0.4 is 5.32 Å². The third-order valence-corrected chi connectivity index (χ3v) is 4.80. The summed E-state index contributed by atoms with van der Waals surface area (Å²) in [5.41, 5.74) is 1.88. The van der Waals surface area contributed by atoms with E-state index < -0.39 is 0 Å². The van der Waals surface area contributed by atoms with Crippen LogP contribution >= 0.6 is 11.3 Å². The molecule has 122 valence electrons. The van der Waals surface area contributed by atoms with E-state index >= 15 is 0 Å². The van der Waals surface area contributed by atoms with Crippen LogP contribution in [0.2, 0.25) is 0 Å². The maximum absolute atomic E-state index is 12.6. The van der Waals surface area contributed by atoms with Crippen LogP contribution in [0.3, 0.4) is 0 Å². The van der Waals surface area contributed by atoms with Gasteiger partial charge in [-0.25, -0.2) is 19.4 Å². The first-order valence-electron chi connectivity index (χ1n) is 7.72. The molecule has 3 aromatic heterocycles. The molecule has 0 aliphatic carbocycles. The summed E-state index contributed by atoms with van der Waals surface area (Å²) in [6.45, 7) is 0.775. The number of anilines is 1. The normalized spacial score (nSPS) is 17.2. The summed E-state index contributed by atoms with van der Waals surface area (Å²) in [5.74, 6) is 0.655. The van der Waals surface area contributed by atoms with E-state index in [2.05, 4.69) is 37.2 Å². The van der Waals surface area contributed by atoms with E-state index in [1.165, 1.54) is 11.9 Å². The molecule has 1 aliphatic heterocycles. The fraction of sp³-hybridized carbons (Fsp3) is 0.250. The first-order valence-corrected chi connectivity index (χ1v) is 8.66. The minimum absolute atomic E-state index is 0.0843. The first-order chi connectivity index (χ1) is 11.8. The largest absolute Gasteiger partial charge is 0.322 e. The number of nitrogens with zero attached hydrogens (tertiary/aromatic N) is 5. The number of carbonyl (C=O) groups is 1.